The maximum absolute atomic E-state index is 5.58. The molecule has 0 aromatic carbocycles. The molecule has 2 N–H and O–H groups in total. The number of nitrogens with zero attached hydrogens (tertiary/aromatic N) is 4. The van der Waals surface area contributed by atoms with Crippen molar-refractivity contribution in [2.45, 2.75) is 26.5 Å². The molecule has 28 heavy (non-hydrogen) atoms. The van der Waals surface area contributed by atoms with E-state index >= 15 is 0 Å². The smallest absolute Gasteiger partial charge is 0.191 e. The fourth-order valence-corrected chi connectivity index (χ4v) is 2.52. The molecular formula is C20H26N6O2. The minimum atomic E-state index is 0.503. The molecule has 3 aromatic rings. The number of furan rings is 1. The predicted octanol–water partition coefficient (Wildman–Crippen LogP) is 2.52. The van der Waals surface area contributed by atoms with Crippen molar-refractivity contribution in [2.75, 3.05) is 19.7 Å². The number of guanidine groups is 1. The third-order valence-corrected chi connectivity index (χ3v) is 3.92. The van der Waals surface area contributed by atoms with Crippen molar-refractivity contribution in [1.82, 2.24) is 25.2 Å². The van der Waals surface area contributed by atoms with Gasteiger partial charge in [0.2, 0.25) is 0 Å². The molecule has 0 unspecified atom stereocenters. The van der Waals surface area contributed by atoms with E-state index in [4.69, 9.17) is 9.15 Å². The zero-order valence-corrected chi connectivity index (χ0v) is 16.0. The Balaban J connectivity index is 1.40. The van der Waals surface area contributed by atoms with Crippen LogP contribution >= 0.6 is 0 Å². The molecule has 0 bridgehead atoms. The molecule has 0 aliphatic carbocycles. The monoisotopic (exact) mass is 382 g/mol. The molecule has 3 rings (SSSR count). The van der Waals surface area contributed by atoms with Gasteiger partial charge in [-0.3, -0.25) is 4.57 Å². The van der Waals surface area contributed by atoms with E-state index in [9.17, 15) is 0 Å². The number of ether oxygens (including phenoxy) is 1. The van der Waals surface area contributed by atoms with Gasteiger partial charge in [-0.25, -0.2) is 15.0 Å². The van der Waals surface area contributed by atoms with Gasteiger partial charge >= 0.3 is 0 Å². The first kappa shape index (κ1) is 19.6. The SMILES string of the molecule is CCNC(=NCc1ccc(-n2ccnc2)nc1)NCCCOCc1ccco1. The van der Waals surface area contributed by atoms with Gasteiger partial charge in [0, 0.05) is 38.3 Å². The largest absolute Gasteiger partial charge is 0.467 e. The van der Waals surface area contributed by atoms with Crippen LogP contribution in [0.2, 0.25) is 0 Å². The molecule has 3 heterocycles. The number of imidazole rings is 1. The van der Waals surface area contributed by atoms with Crippen LogP contribution in [0.25, 0.3) is 5.82 Å². The van der Waals surface area contributed by atoms with Crippen LogP contribution < -0.4 is 10.6 Å². The maximum atomic E-state index is 5.58. The number of hydrogen-bond donors (Lipinski definition) is 2. The van der Waals surface area contributed by atoms with E-state index in [-0.39, 0.29) is 0 Å². The summed E-state index contributed by atoms with van der Waals surface area (Å²) in [7, 11) is 0. The quantitative estimate of drug-likeness (QED) is 0.318. The van der Waals surface area contributed by atoms with E-state index in [2.05, 4.69) is 25.6 Å². The highest BCUT2D eigenvalue weighted by Crippen LogP contribution is 2.06. The van der Waals surface area contributed by atoms with E-state index in [0.717, 1.165) is 42.6 Å². The lowest BCUT2D eigenvalue weighted by Crippen LogP contribution is -2.38. The van der Waals surface area contributed by atoms with Crippen molar-refractivity contribution in [1.29, 1.82) is 0 Å². The molecule has 148 valence electrons. The summed E-state index contributed by atoms with van der Waals surface area (Å²) in [5.41, 5.74) is 1.04. The van der Waals surface area contributed by atoms with Gasteiger partial charge in [-0.2, -0.15) is 0 Å². The molecule has 0 aliphatic rings. The van der Waals surface area contributed by atoms with Gasteiger partial charge in [-0.05, 0) is 37.1 Å². The summed E-state index contributed by atoms with van der Waals surface area (Å²) in [5.74, 6) is 2.47. The Morgan fingerprint density at radius 1 is 1.29 bits per heavy atom. The molecule has 8 nitrogen and oxygen atoms in total. The van der Waals surface area contributed by atoms with Gasteiger partial charge in [-0.1, -0.05) is 6.07 Å². The molecule has 0 spiro atoms. The molecule has 0 fully saturated rings. The highest BCUT2D eigenvalue weighted by molar-refractivity contribution is 5.79. The molecule has 0 amide bonds. The van der Waals surface area contributed by atoms with E-state index in [1.54, 1.807) is 18.8 Å². The van der Waals surface area contributed by atoms with Crippen molar-refractivity contribution < 1.29 is 9.15 Å². The van der Waals surface area contributed by atoms with Crippen molar-refractivity contribution in [3.63, 3.8) is 0 Å². The van der Waals surface area contributed by atoms with E-state index < -0.39 is 0 Å². The van der Waals surface area contributed by atoms with Crippen molar-refractivity contribution in [2.24, 2.45) is 4.99 Å². The highest BCUT2D eigenvalue weighted by atomic mass is 16.5. The summed E-state index contributed by atoms with van der Waals surface area (Å²) in [4.78, 5) is 13.1. The molecule has 0 atom stereocenters. The van der Waals surface area contributed by atoms with Crippen LogP contribution in [0.4, 0.5) is 0 Å². The van der Waals surface area contributed by atoms with Crippen molar-refractivity contribution in [3.8, 4) is 5.82 Å². The normalized spacial score (nSPS) is 11.5. The fourth-order valence-electron chi connectivity index (χ4n) is 2.52. The van der Waals surface area contributed by atoms with Gasteiger partial charge in [0.15, 0.2) is 5.96 Å². The van der Waals surface area contributed by atoms with Crippen LogP contribution in [-0.4, -0.2) is 40.2 Å². The Morgan fingerprint density at radius 2 is 2.25 bits per heavy atom. The number of aliphatic imine (C=N–C) groups is 1. The number of hydrogen-bond acceptors (Lipinski definition) is 5. The van der Waals surface area contributed by atoms with Crippen LogP contribution in [0.5, 0.6) is 0 Å². The van der Waals surface area contributed by atoms with E-state index in [0.29, 0.717) is 19.8 Å². The van der Waals surface area contributed by atoms with Gasteiger partial charge in [0.25, 0.3) is 0 Å². The Morgan fingerprint density at radius 3 is 2.96 bits per heavy atom. The number of pyridine rings is 1. The van der Waals surface area contributed by atoms with Gasteiger partial charge in [0.1, 0.15) is 24.5 Å². The predicted molar refractivity (Wildman–Crippen MR) is 107 cm³/mol. The zero-order chi connectivity index (χ0) is 19.4. The summed E-state index contributed by atoms with van der Waals surface area (Å²) in [6, 6.07) is 7.76. The first-order valence-corrected chi connectivity index (χ1v) is 9.40. The second-order valence-corrected chi connectivity index (χ2v) is 6.10. The van der Waals surface area contributed by atoms with Crippen LogP contribution in [0, 0.1) is 0 Å². The second-order valence-electron chi connectivity index (χ2n) is 6.10. The third-order valence-electron chi connectivity index (χ3n) is 3.92. The molecule has 0 saturated heterocycles. The summed E-state index contributed by atoms with van der Waals surface area (Å²) >= 11 is 0. The van der Waals surface area contributed by atoms with Gasteiger partial charge in [0.05, 0.1) is 12.8 Å². The second kappa shape index (κ2) is 10.9. The van der Waals surface area contributed by atoms with Crippen molar-refractivity contribution in [3.05, 3.63) is 66.8 Å². The third kappa shape index (κ3) is 6.24. The van der Waals surface area contributed by atoms with Crippen LogP contribution in [0.3, 0.4) is 0 Å². The molecular weight excluding hydrogens is 356 g/mol. The zero-order valence-electron chi connectivity index (χ0n) is 16.0. The van der Waals surface area contributed by atoms with Crippen LogP contribution in [0.15, 0.2) is 64.9 Å². The topological polar surface area (TPSA) is 89.5 Å². The molecule has 8 heteroatoms. The van der Waals surface area contributed by atoms with Crippen LogP contribution in [-0.2, 0) is 17.9 Å². The first-order valence-electron chi connectivity index (χ1n) is 9.40. The maximum Gasteiger partial charge on any atom is 0.191 e. The van der Waals surface area contributed by atoms with E-state index in [1.807, 2.05) is 48.1 Å². The Labute approximate surface area is 164 Å². The number of aromatic nitrogens is 3. The molecule has 3 aromatic heterocycles. The lowest BCUT2D eigenvalue weighted by molar-refractivity contribution is 0.105. The minimum absolute atomic E-state index is 0.503. The molecule has 0 aliphatic heterocycles. The van der Waals surface area contributed by atoms with Gasteiger partial charge in [-0.15, -0.1) is 0 Å². The number of rotatable bonds is 10. The highest BCUT2D eigenvalue weighted by Gasteiger charge is 2.01. The molecule has 0 saturated carbocycles. The average molecular weight is 382 g/mol. The number of nitrogens with one attached hydrogen (secondary N) is 2. The summed E-state index contributed by atoms with van der Waals surface area (Å²) in [5, 5.41) is 6.57. The van der Waals surface area contributed by atoms with E-state index in [1.165, 1.54) is 0 Å². The lowest BCUT2D eigenvalue weighted by atomic mass is 10.3. The van der Waals surface area contributed by atoms with Crippen LogP contribution in [0.1, 0.15) is 24.7 Å². The summed E-state index contributed by atoms with van der Waals surface area (Å²) in [6.07, 6.45) is 9.70. The molecule has 0 radical (unpaired) electrons. The summed E-state index contributed by atoms with van der Waals surface area (Å²) < 4.78 is 12.7. The van der Waals surface area contributed by atoms with Gasteiger partial charge < -0.3 is 19.8 Å². The minimum Gasteiger partial charge on any atom is -0.467 e. The Bertz CT molecular complexity index is 813. The average Bonchev–Trinajstić information content (AvgIpc) is 3.43. The fraction of sp³-hybridized carbons (Fsp3) is 0.350. The standard InChI is InChI=1S/C20H26N6O2/c1-2-22-20(23-8-4-11-27-15-18-5-3-12-28-18)25-14-17-6-7-19(24-13-17)26-10-9-21-16-26/h3,5-7,9-10,12-13,16H,2,4,8,11,14-15H2,1H3,(H2,22,23,25). The Kier molecular flexibility index (Phi) is 7.63. The first-order chi connectivity index (χ1) is 13.8. The lowest BCUT2D eigenvalue weighted by Gasteiger charge is -2.11. The Hall–Kier alpha value is -3.13. The van der Waals surface area contributed by atoms with Crippen molar-refractivity contribution >= 4 is 5.96 Å². The summed E-state index contributed by atoms with van der Waals surface area (Å²) in [6.45, 7) is 5.35.